The number of benzene rings is 3. The van der Waals surface area contributed by atoms with Gasteiger partial charge in [0, 0.05) is 16.9 Å². The first-order chi connectivity index (χ1) is 13.3. The molecule has 0 saturated carbocycles. The lowest BCUT2D eigenvalue weighted by atomic mass is 10.1. The van der Waals surface area contributed by atoms with Crippen LogP contribution in [0, 0.1) is 20.8 Å². The molecule has 6 heteroatoms. The minimum absolute atomic E-state index is 0.224. The summed E-state index contributed by atoms with van der Waals surface area (Å²) >= 11 is 0. The molecule has 0 saturated heterocycles. The standard InChI is InChI=1S/C22H22N2O3S/c1-15-11-12-17(3)21(13-15)28(26,27)24-19-9-6-8-18(14-19)22(25)23-20-10-5-4-7-16(20)2/h4-14,24H,1-3H3,(H,23,25). The van der Waals surface area contributed by atoms with E-state index in [1.807, 2.05) is 44.2 Å². The number of hydrogen-bond acceptors (Lipinski definition) is 3. The summed E-state index contributed by atoms with van der Waals surface area (Å²) in [5.41, 5.74) is 3.88. The molecule has 0 bridgehead atoms. The van der Waals surface area contributed by atoms with Gasteiger partial charge in [-0.25, -0.2) is 8.42 Å². The molecule has 144 valence electrons. The van der Waals surface area contributed by atoms with Gasteiger partial charge in [0.1, 0.15) is 0 Å². The number of sulfonamides is 1. The van der Waals surface area contributed by atoms with Gasteiger partial charge in [0.05, 0.1) is 4.90 Å². The van der Waals surface area contributed by atoms with E-state index in [9.17, 15) is 13.2 Å². The lowest BCUT2D eigenvalue weighted by Gasteiger charge is -2.12. The fourth-order valence-electron chi connectivity index (χ4n) is 2.84. The molecule has 0 aliphatic heterocycles. The highest BCUT2D eigenvalue weighted by Gasteiger charge is 2.18. The minimum atomic E-state index is -3.76. The van der Waals surface area contributed by atoms with Crippen molar-refractivity contribution < 1.29 is 13.2 Å². The topological polar surface area (TPSA) is 75.3 Å². The van der Waals surface area contributed by atoms with Gasteiger partial charge in [0.2, 0.25) is 0 Å². The second kappa shape index (κ2) is 7.86. The minimum Gasteiger partial charge on any atom is -0.322 e. The Labute approximate surface area is 165 Å². The Morgan fingerprint density at radius 1 is 0.821 bits per heavy atom. The van der Waals surface area contributed by atoms with Crippen LogP contribution < -0.4 is 10.0 Å². The summed E-state index contributed by atoms with van der Waals surface area (Å²) in [6.07, 6.45) is 0. The molecule has 0 atom stereocenters. The highest BCUT2D eigenvalue weighted by Crippen LogP contribution is 2.22. The van der Waals surface area contributed by atoms with Crippen LogP contribution in [0.2, 0.25) is 0 Å². The van der Waals surface area contributed by atoms with Gasteiger partial charge in [-0.15, -0.1) is 0 Å². The molecule has 3 aromatic rings. The molecule has 0 aliphatic rings. The van der Waals surface area contributed by atoms with Crippen molar-refractivity contribution in [2.24, 2.45) is 0 Å². The van der Waals surface area contributed by atoms with Crippen LogP contribution in [0.3, 0.4) is 0 Å². The molecule has 0 fully saturated rings. The molecule has 0 heterocycles. The van der Waals surface area contributed by atoms with Gasteiger partial charge in [-0.05, 0) is 67.8 Å². The van der Waals surface area contributed by atoms with Crippen LogP contribution in [-0.2, 0) is 10.0 Å². The maximum absolute atomic E-state index is 12.8. The third kappa shape index (κ3) is 4.40. The Kier molecular flexibility index (Phi) is 5.51. The highest BCUT2D eigenvalue weighted by atomic mass is 32.2. The lowest BCUT2D eigenvalue weighted by molar-refractivity contribution is 0.102. The summed E-state index contributed by atoms with van der Waals surface area (Å²) in [6.45, 7) is 5.50. The number of para-hydroxylation sites is 1. The summed E-state index contributed by atoms with van der Waals surface area (Å²) in [5.74, 6) is -0.304. The van der Waals surface area contributed by atoms with Crippen molar-refractivity contribution >= 4 is 27.3 Å². The number of hydrogen-bond donors (Lipinski definition) is 2. The average molecular weight is 394 g/mol. The maximum Gasteiger partial charge on any atom is 0.262 e. The van der Waals surface area contributed by atoms with E-state index in [1.165, 1.54) is 6.07 Å². The first kappa shape index (κ1) is 19.6. The van der Waals surface area contributed by atoms with E-state index in [1.54, 1.807) is 37.3 Å². The molecule has 0 aliphatic carbocycles. The normalized spacial score (nSPS) is 11.1. The van der Waals surface area contributed by atoms with Crippen molar-refractivity contribution in [1.82, 2.24) is 0 Å². The smallest absolute Gasteiger partial charge is 0.262 e. The number of nitrogens with one attached hydrogen (secondary N) is 2. The number of amides is 1. The quantitative estimate of drug-likeness (QED) is 0.661. The zero-order valence-electron chi connectivity index (χ0n) is 16.0. The number of carbonyl (C=O) groups is 1. The zero-order chi connectivity index (χ0) is 20.3. The summed E-state index contributed by atoms with van der Waals surface area (Å²) in [6, 6.07) is 19.2. The largest absolute Gasteiger partial charge is 0.322 e. The Balaban J connectivity index is 1.84. The fraction of sp³-hybridized carbons (Fsp3) is 0.136. The third-order valence-corrected chi connectivity index (χ3v) is 5.93. The van der Waals surface area contributed by atoms with Gasteiger partial charge in [-0.1, -0.05) is 36.4 Å². The first-order valence-corrected chi connectivity index (χ1v) is 10.3. The predicted molar refractivity (Wildman–Crippen MR) is 112 cm³/mol. The summed E-state index contributed by atoms with van der Waals surface area (Å²) in [5, 5.41) is 2.85. The van der Waals surface area contributed by atoms with E-state index in [4.69, 9.17) is 0 Å². The van der Waals surface area contributed by atoms with Crippen molar-refractivity contribution in [3.63, 3.8) is 0 Å². The van der Waals surface area contributed by atoms with Gasteiger partial charge < -0.3 is 5.32 Å². The van der Waals surface area contributed by atoms with Crippen LogP contribution in [0.15, 0.2) is 71.6 Å². The maximum atomic E-state index is 12.8. The van der Waals surface area contributed by atoms with E-state index in [0.717, 1.165) is 11.1 Å². The summed E-state index contributed by atoms with van der Waals surface area (Å²) in [7, 11) is -3.76. The lowest BCUT2D eigenvalue weighted by Crippen LogP contribution is -2.16. The van der Waals surface area contributed by atoms with Crippen LogP contribution in [0.4, 0.5) is 11.4 Å². The fourth-order valence-corrected chi connectivity index (χ4v) is 4.22. The SMILES string of the molecule is Cc1ccc(C)c(S(=O)(=O)Nc2cccc(C(=O)Nc3ccccc3C)c2)c1. The first-order valence-electron chi connectivity index (χ1n) is 8.83. The monoisotopic (exact) mass is 394 g/mol. The average Bonchev–Trinajstić information content (AvgIpc) is 2.65. The Morgan fingerprint density at radius 3 is 2.32 bits per heavy atom. The molecular weight excluding hydrogens is 372 g/mol. The summed E-state index contributed by atoms with van der Waals surface area (Å²) < 4.78 is 28.1. The zero-order valence-corrected chi connectivity index (χ0v) is 16.8. The highest BCUT2D eigenvalue weighted by molar-refractivity contribution is 7.92. The summed E-state index contributed by atoms with van der Waals surface area (Å²) in [4.78, 5) is 12.8. The van der Waals surface area contributed by atoms with E-state index in [2.05, 4.69) is 10.0 Å². The second-order valence-corrected chi connectivity index (χ2v) is 8.38. The van der Waals surface area contributed by atoms with Crippen molar-refractivity contribution in [1.29, 1.82) is 0 Å². The molecule has 1 amide bonds. The molecule has 0 aromatic heterocycles. The van der Waals surface area contributed by atoms with Crippen molar-refractivity contribution in [2.75, 3.05) is 10.0 Å². The van der Waals surface area contributed by atoms with Gasteiger partial charge in [-0.3, -0.25) is 9.52 Å². The molecule has 0 spiro atoms. The molecule has 0 unspecified atom stereocenters. The molecule has 2 N–H and O–H groups in total. The Bertz CT molecular complexity index is 1140. The Hall–Kier alpha value is -3.12. The van der Waals surface area contributed by atoms with Crippen LogP contribution in [0.25, 0.3) is 0 Å². The predicted octanol–water partition coefficient (Wildman–Crippen LogP) is 4.66. The third-order valence-electron chi connectivity index (χ3n) is 4.40. The van der Waals surface area contributed by atoms with Crippen LogP contribution in [0.5, 0.6) is 0 Å². The number of rotatable bonds is 5. The van der Waals surface area contributed by atoms with Crippen molar-refractivity contribution in [3.8, 4) is 0 Å². The Morgan fingerprint density at radius 2 is 1.57 bits per heavy atom. The van der Waals surface area contributed by atoms with E-state index in [0.29, 0.717) is 22.5 Å². The number of anilines is 2. The number of aryl methyl sites for hydroxylation is 3. The van der Waals surface area contributed by atoms with Crippen LogP contribution in [-0.4, -0.2) is 14.3 Å². The molecule has 3 rings (SSSR count). The van der Waals surface area contributed by atoms with Gasteiger partial charge in [0.25, 0.3) is 15.9 Å². The van der Waals surface area contributed by atoms with Crippen molar-refractivity contribution in [2.45, 2.75) is 25.7 Å². The number of carbonyl (C=O) groups excluding carboxylic acids is 1. The van der Waals surface area contributed by atoms with E-state index < -0.39 is 10.0 Å². The van der Waals surface area contributed by atoms with Crippen molar-refractivity contribution in [3.05, 3.63) is 89.0 Å². The molecule has 3 aromatic carbocycles. The molecule has 5 nitrogen and oxygen atoms in total. The van der Waals surface area contributed by atoms with Gasteiger partial charge in [0.15, 0.2) is 0 Å². The second-order valence-electron chi connectivity index (χ2n) is 6.72. The van der Waals surface area contributed by atoms with Gasteiger partial charge >= 0.3 is 0 Å². The molecule has 0 radical (unpaired) electrons. The molecular formula is C22H22N2O3S. The van der Waals surface area contributed by atoms with Crippen LogP contribution in [0.1, 0.15) is 27.0 Å². The van der Waals surface area contributed by atoms with Gasteiger partial charge in [-0.2, -0.15) is 0 Å². The van der Waals surface area contributed by atoms with Crippen LogP contribution >= 0.6 is 0 Å². The van der Waals surface area contributed by atoms with E-state index in [-0.39, 0.29) is 10.8 Å². The van der Waals surface area contributed by atoms with E-state index >= 15 is 0 Å². The molecule has 28 heavy (non-hydrogen) atoms.